The van der Waals surface area contributed by atoms with Crippen molar-refractivity contribution in [1.29, 1.82) is 0 Å². The molecule has 2 rings (SSSR count). The molecule has 0 saturated carbocycles. The third kappa shape index (κ3) is 3.33. The summed E-state index contributed by atoms with van der Waals surface area (Å²) in [6.07, 6.45) is -0.398. The minimum atomic E-state index is -1.24. The number of carbonyl (C=O) groups excluding carboxylic acids is 2. The Bertz CT molecular complexity index is 795. The first-order valence-corrected chi connectivity index (χ1v) is 7.06. The number of fused-ring (bicyclic) bond motifs is 1. The van der Waals surface area contributed by atoms with Crippen molar-refractivity contribution >= 4 is 22.8 Å². The number of carbonyl (C=O) groups is 2. The van der Waals surface area contributed by atoms with Crippen molar-refractivity contribution in [3.8, 4) is 5.75 Å². The van der Waals surface area contributed by atoms with Gasteiger partial charge in [0.2, 0.25) is 0 Å². The molecule has 0 amide bonds. The van der Waals surface area contributed by atoms with Gasteiger partial charge in [-0.2, -0.15) is 0 Å². The topological polar surface area (TPSA) is 106 Å². The monoisotopic (exact) mass is 319 g/mol. The fourth-order valence-corrected chi connectivity index (χ4v) is 2.36. The number of ether oxygens (including phenoxy) is 2. The van der Waals surface area contributed by atoms with Crippen LogP contribution in [-0.4, -0.2) is 35.7 Å². The number of pyridine rings is 1. The van der Waals surface area contributed by atoms with Crippen molar-refractivity contribution in [2.45, 2.75) is 19.3 Å². The first-order valence-electron chi connectivity index (χ1n) is 7.06. The second-order valence-corrected chi connectivity index (χ2v) is 4.85. The van der Waals surface area contributed by atoms with E-state index >= 15 is 0 Å². The summed E-state index contributed by atoms with van der Waals surface area (Å²) in [5.41, 5.74) is -0.421. The molecular formula is C16H17NO6. The highest BCUT2D eigenvalue weighted by molar-refractivity contribution is 5.90. The number of hydrogen-bond acceptors (Lipinski definition) is 6. The first-order chi connectivity index (χ1) is 11.0. The third-order valence-electron chi connectivity index (χ3n) is 3.45. The molecule has 1 heterocycles. The van der Waals surface area contributed by atoms with Crippen LogP contribution in [0.3, 0.4) is 0 Å². The number of hydrogen-bond donors (Lipinski definition) is 2. The van der Waals surface area contributed by atoms with Crippen molar-refractivity contribution in [1.82, 2.24) is 4.98 Å². The maximum Gasteiger partial charge on any atom is 0.314 e. The van der Waals surface area contributed by atoms with E-state index in [1.165, 1.54) is 7.11 Å². The van der Waals surface area contributed by atoms with Crippen molar-refractivity contribution < 1.29 is 24.2 Å². The highest BCUT2D eigenvalue weighted by Crippen LogP contribution is 2.32. The molecule has 122 valence electrons. The van der Waals surface area contributed by atoms with Gasteiger partial charge < -0.3 is 19.6 Å². The van der Waals surface area contributed by atoms with Gasteiger partial charge in [0.25, 0.3) is 5.56 Å². The van der Waals surface area contributed by atoms with Crippen LogP contribution in [0.15, 0.2) is 29.1 Å². The predicted molar refractivity (Wildman–Crippen MR) is 82.2 cm³/mol. The van der Waals surface area contributed by atoms with Crippen molar-refractivity contribution in [3.05, 3.63) is 40.2 Å². The van der Waals surface area contributed by atoms with E-state index in [4.69, 9.17) is 4.74 Å². The van der Waals surface area contributed by atoms with Gasteiger partial charge in [0.1, 0.15) is 11.7 Å². The molecule has 0 bridgehead atoms. The smallest absolute Gasteiger partial charge is 0.314 e. The summed E-state index contributed by atoms with van der Waals surface area (Å²) in [5.74, 6) is -3.04. The quantitative estimate of drug-likeness (QED) is 0.808. The van der Waals surface area contributed by atoms with Crippen LogP contribution in [0.2, 0.25) is 0 Å². The van der Waals surface area contributed by atoms with Crippen LogP contribution in [0, 0.1) is 0 Å². The molecule has 0 radical (unpaired) electrons. The van der Waals surface area contributed by atoms with Gasteiger partial charge in [-0.15, -0.1) is 0 Å². The van der Waals surface area contributed by atoms with Gasteiger partial charge in [-0.05, 0) is 19.1 Å². The molecule has 23 heavy (non-hydrogen) atoms. The molecule has 1 aromatic carbocycles. The van der Waals surface area contributed by atoms with E-state index in [1.54, 1.807) is 31.2 Å². The van der Waals surface area contributed by atoms with Crippen LogP contribution < -0.4 is 5.56 Å². The average Bonchev–Trinajstić information content (AvgIpc) is 2.53. The zero-order valence-corrected chi connectivity index (χ0v) is 12.8. The van der Waals surface area contributed by atoms with Crippen molar-refractivity contribution in [2.24, 2.45) is 0 Å². The Morgan fingerprint density at radius 2 is 2.00 bits per heavy atom. The maximum atomic E-state index is 12.3. The number of aromatic nitrogens is 1. The molecule has 2 N–H and O–H groups in total. The molecule has 2 aromatic rings. The second kappa shape index (κ2) is 6.95. The molecule has 1 atom stereocenters. The Labute approximate surface area is 131 Å². The maximum absolute atomic E-state index is 12.3. The first kappa shape index (κ1) is 16.5. The molecule has 0 aliphatic heterocycles. The summed E-state index contributed by atoms with van der Waals surface area (Å²) in [7, 11) is 1.18. The van der Waals surface area contributed by atoms with E-state index in [2.05, 4.69) is 9.72 Å². The average molecular weight is 319 g/mol. The van der Waals surface area contributed by atoms with E-state index in [0.29, 0.717) is 10.9 Å². The largest absolute Gasteiger partial charge is 0.507 e. The lowest BCUT2D eigenvalue weighted by Gasteiger charge is -2.16. The highest BCUT2D eigenvalue weighted by Gasteiger charge is 2.31. The van der Waals surface area contributed by atoms with Gasteiger partial charge in [0.15, 0.2) is 0 Å². The molecule has 0 spiro atoms. The fourth-order valence-electron chi connectivity index (χ4n) is 2.36. The Hall–Kier alpha value is -2.83. The molecule has 0 saturated heterocycles. The van der Waals surface area contributed by atoms with Crippen LogP contribution in [0.1, 0.15) is 24.8 Å². The molecular weight excluding hydrogens is 302 g/mol. The molecule has 7 heteroatoms. The van der Waals surface area contributed by atoms with E-state index in [1.807, 2.05) is 0 Å². The zero-order valence-electron chi connectivity index (χ0n) is 12.8. The standard InChI is InChI=1S/C16H17NO6/c1-3-23-16(21)10(8-12(18)22-2)13-14(19)9-6-4-5-7-11(9)17-15(13)20/h4-7,10H,3,8H2,1-2H3,(H2,17,19,20). The number of rotatable bonds is 5. The van der Waals surface area contributed by atoms with Gasteiger partial charge in [0.05, 0.1) is 31.2 Å². The lowest BCUT2D eigenvalue weighted by molar-refractivity contribution is -0.150. The molecule has 0 fully saturated rings. The number of aromatic hydroxyl groups is 1. The van der Waals surface area contributed by atoms with Gasteiger partial charge >= 0.3 is 11.9 Å². The zero-order chi connectivity index (χ0) is 17.0. The van der Waals surface area contributed by atoms with Crippen LogP contribution in [0.4, 0.5) is 0 Å². The number of nitrogens with one attached hydrogen (secondary N) is 1. The summed E-state index contributed by atoms with van der Waals surface area (Å²) in [4.78, 5) is 38.6. The molecule has 1 unspecified atom stereocenters. The molecule has 1 aromatic heterocycles. The number of H-pyrrole nitrogens is 1. The highest BCUT2D eigenvalue weighted by atomic mass is 16.5. The number of para-hydroxylation sites is 1. The Morgan fingerprint density at radius 3 is 2.65 bits per heavy atom. The molecule has 0 aliphatic rings. The summed E-state index contributed by atoms with van der Waals surface area (Å²) >= 11 is 0. The van der Waals surface area contributed by atoms with E-state index in [0.717, 1.165) is 0 Å². The van der Waals surface area contributed by atoms with Crippen LogP contribution in [0.25, 0.3) is 10.9 Å². The Morgan fingerprint density at radius 1 is 1.30 bits per heavy atom. The molecule has 7 nitrogen and oxygen atoms in total. The number of esters is 2. The van der Waals surface area contributed by atoms with Crippen molar-refractivity contribution in [3.63, 3.8) is 0 Å². The summed E-state index contributed by atoms with van der Waals surface area (Å²) in [5, 5.41) is 10.8. The van der Waals surface area contributed by atoms with Crippen LogP contribution in [-0.2, 0) is 19.1 Å². The van der Waals surface area contributed by atoms with Gasteiger partial charge in [0, 0.05) is 5.39 Å². The van der Waals surface area contributed by atoms with E-state index in [9.17, 15) is 19.5 Å². The molecule has 0 aliphatic carbocycles. The number of methoxy groups -OCH3 is 1. The predicted octanol–water partition coefficient (Wildman–Crippen LogP) is 1.44. The number of benzene rings is 1. The minimum Gasteiger partial charge on any atom is -0.507 e. The van der Waals surface area contributed by atoms with Crippen molar-refractivity contribution in [2.75, 3.05) is 13.7 Å². The lowest BCUT2D eigenvalue weighted by atomic mass is 9.94. The fraction of sp³-hybridized carbons (Fsp3) is 0.312. The van der Waals surface area contributed by atoms with E-state index < -0.39 is 29.8 Å². The van der Waals surface area contributed by atoms with Crippen LogP contribution >= 0.6 is 0 Å². The summed E-state index contributed by atoms with van der Waals surface area (Å²) in [6.45, 7) is 1.69. The Balaban J connectivity index is 2.61. The Kier molecular flexibility index (Phi) is 5.00. The van der Waals surface area contributed by atoms with E-state index in [-0.39, 0.29) is 17.9 Å². The summed E-state index contributed by atoms with van der Waals surface area (Å²) < 4.78 is 9.47. The van der Waals surface area contributed by atoms with Gasteiger partial charge in [-0.3, -0.25) is 14.4 Å². The third-order valence-corrected chi connectivity index (χ3v) is 3.45. The van der Waals surface area contributed by atoms with Gasteiger partial charge in [-0.1, -0.05) is 12.1 Å². The van der Waals surface area contributed by atoms with Gasteiger partial charge in [-0.25, -0.2) is 0 Å². The SMILES string of the molecule is CCOC(=O)C(CC(=O)OC)c1c(O)c2ccccc2[nH]c1=O. The minimum absolute atomic E-state index is 0.0861. The normalized spacial score (nSPS) is 11.9. The number of aromatic amines is 1. The second-order valence-electron chi connectivity index (χ2n) is 4.85. The summed E-state index contributed by atoms with van der Waals surface area (Å²) in [6, 6.07) is 6.61. The van der Waals surface area contributed by atoms with Crippen LogP contribution in [0.5, 0.6) is 5.75 Å². The lowest BCUT2D eigenvalue weighted by Crippen LogP contribution is -2.26.